The lowest BCUT2D eigenvalue weighted by Gasteiger charge is -2.29. The van der Waals surface area contributed by atoms with Crippen LogP contribution in [-0.2, 0) is 11.3 Å². The van der Waals surface area contributed by atoms with Crippen molar-refractivity contribution < 1.29 is 9.53 Å². The van der Waals surface area contributed by atoms with Crippen molar-refractivity contribution in [3.05, 3.63) is 66.4 Å². The molecule has 5 rings (SSSR count). The summed E-state index contributed by atoms with van der Waals surface area (Å²) in [5, 5.41) is 1.14. The average Bonchev–Trinajstić information content (AvgIpc) is 3.10. The van der Waals surface area contributed by atoms with Crippen LogP contribution in [-0.4, -0.2) is 41.5 Å². The van der Waals surface area contributed by atoms with Gasteiger partial charge in [0.15, 0.2) is 0 Å². The van der Waals surface area contributed by atoms with E-state index in [0.717, 1.165) is 35.3 Å². The van der Waals surface area contributed by atoms with Crippen molar-refractivity contribution in [1.82, 2.24) is 9.88 Å². The van der Waals surface area contributed by atoms with Crippen LogP contribution in [0.1, 0.15) is 12.0 Å². The van der Waals surface area contributed by atoms with E-state index in [1.807, 2.05) is 55.7 Å². The van der Waals surface area contributed by atoms with Crippen LogP contribution in [0.3, 0.4) is 0 Å². The molecule has 27 heavy (non-hydrogen) atoms. The third-order valence-corrected chi connectivity index (χ3v) is 5.61. The highest BCUT2D eigenvalue weighted by Crippen LogP contribution is 2.36. The molecule has 1 saturated heterocycles. The van der Waals surface area contributed by atoms with Gasteiger partial charge in [-0.25, -0.2) is 0 Å². The summed E-state index contributed by atoms with van der Waals surface area (Å²) in [6, 6.07) is 17.8. The molecule has 0 saturated carbocycles. The zero-order valence-electron chi connectivity index (χ0n) is 15.2. The van der Waals surface area contributed by atoms with Gasteiger partial charge >= 0.3 is 0 Å². The van der Waals surface area contributed by atoms with E-state index < -0.39 is 0 Å². The predicted molar refractivity (Wildman–Crippen MR) is 105 cm³/mol. The van der Waals surface area contributed by atoms with Gasteiger partial charge in [0, 0.05) is 38.1 Å². The van der Waals surface area contributed by atoms with Crippen LogP contribution in [0.25, 0.3) is 10.9 Å². The summed E-state index contributed by atoms with van der Waals surface area (Å²) in [7, 11) is 1.84. The number of hydrogen-bond acceptors (Lipinski definition) is 4. The molecule has 136 valence electrons. The highest BCUT2D eigenvalue weighted by Gasteiger charge is 2.41. The maximum Gasteiger partial charge on any atom is 0.244 e. The molecule has 5 heteroatoms. The number of likely N-dealkylation sites (tertiary alicyclic amines) is 1. The van der Waals surface area contributed by atoms with E-state index >= 15 is 0 Å². The number of carbonyl (C=O) groups excluding carboxylic acids is 1. The molecule has 3 heterocycles. The first-order chi connectivity index (χ1) is 13.2. The van der Waals surface area contributed by atoms with Gasteiger partial charge in [0.05, 0.1) is 17.2 Å². The number of aromatic nitrogens is 1. The minimum Gasteiger partial charge on any atom is -0.487 e. The van der Waals surface area contributed by atoms with Gasteiger partial charge in [-0.05, 0) is 29.8 Å². The Labute approximate surface area is 158 Å². The molecule has 2 aromatic carbocycles. The second-order valence-corrected chi connectivity index (χ2v) is 7.27. The zero-order valence-corrected chi connectivity index (χ0v) is 15.2. The predicted octanol–water partition coefficient (Wildman–Crippen LogP) is 3.23. The first kappa shape index (κ1) is 16.3. The molecule has 0 aliphatic carbocycles. The monoisotopic (exact) mass is 359 g/mol. The van der Waals surface area contributed by atoms with Crippen LogP contribution in [0.5, 0.6) is 5.75 Å². The summed E-state index contributed by atoms with van der Waals surface area (Å²) >= 11 is 0. The minimum absolute atomic E-state index is 0.0295. The van der Waals surface area contributed by atoms with E-state index in [9.17, 15) is 4.79 Å². The second kappa shape index (κ2) is 6.35. The average molecular weight is 359 g/mol. The Morgan fingerprint density at radius 3 is 2.85 bits per heavy atom. The first-order valence-electron chi connectivity index (χ1n) is 9.30. The Hall–Kier alpha value is -2.92. The number of amides is 1. The molecule has 2 aliphatic heterocycles. The van der Waals surface area contributed by atoms with Crippen LogP contribution < -0.4 is 9.64 Å². The molecule has 1 fully saturated rings. The first-order valence-corrected chi connectivity index (χ1v) is 9.30. The lowest BCUT2D eigenvalue weighted by atomic mass is 10.1. The molecule has 0 spiro atoms. The quantitative estimate of drug-likeness (QED) is 0.705. The number of pyridine rings is 1. The van der Waals surface area contributed by atoms with E-state index in [4.69, 9.17) is 4.74 Å². The zero-order chi connectivity index (χ0) is 18.4. The number of benzene rings is 2. The third kappa shape index (κ3) is 2.75. The van der Waals surface area contributed by atoms with Crippen molar-refractivity contribution in [2.45, 2.75) is 25.1 Å². The summed E-state index contributed by atoms with van der Waals surface area (Å²) in [6.45, 7) is 1.46. The number of ether oxygens (including phenoxy) is 1. The molecule has 1 aromatic heterocycles. The Bertz CT molecular complexity index is 1010. The molecule has 3 aromatic rings. The fourth-order valence-electron chi connectivity index (χ4n) is 4.25. The standard InChI is InChI=1S/C22H21N3O2/c1-24-19-8-4-5-9-21(19)27-16-12-20(22(24)26)25(14-16)13-15-10-11-23-18-7-3-2-6-17(15)18/h2-11,16,20H,12-14H2,1H3. The van der Waals surface area contributed by atoms with Gasteiger partial charge in [-0.15, -0.1) is 0 Å². The molecule has 2 atom stereocenters. The molecule has 1 amide bonds. The fourth-order valence-corrected chi connectivity index (χ4v) is 4.25. The number of nitrogens with zero attached hydrogens (tertiary/aromatic N) is 3. The number of anilines is 1. The van der Waals surface area contributed by atoms with Crippen molar-refractivity contribution in [2.75, 3.05) is 18.5 Å². The van der Waals surface area contributed by atoms with Gasteiger partial charge in [-0.1, -0.05) is 30.3 Å². The Morgan fingerprint density at radius 1 is 1.11 bits per heavy atom. The van der Waals surface area contributed by atoms with Gasteiger partial charge in [-0.2, -0.15) is 0 Å². The molecule has 2 bridgehead atoms. The summed E-state index contributed by atoms with van der Waals surface area (Å²) in [4.78, 5) is 21.6. The van der Waals surface area contributed by atoms with Gasteiger partial charge in [0.1, 0.15) is 11.9 Å². The molecular weight excluding hydrogens is 338 g/mol. The highest BCUT2D eigenvalue weighted by molar-refractivity contribution is 5.98. The van der Waals surface area contributed by atoms with Crippen LogP contribution in [0.15, 0.2) is 60.8 Å². The maximum atomic E-state index is 13.2. The number of rotatable bonds is 2. The van der Waals surface area contributed by atoms with E-state index in [1.54, 1.807) is 4.90 Å². The van der Waals surface area contributed by atoms with Gasteiger partial charge in [0.25, 0.3) is 0 Å². The second-order valence-electron chi connectivity index (χ2n) is 7.27. The smallest absolute Gasteiger partial charge is 0.244 e. The van der Waals surface area contributed by atoms with E-state index in [0.29, 0.717) is 6.54 Å². The number of likely N-dealkylation sites (N-methyl/N-ethyl adjacent to an activating group) is 1. The highest BCUT2D eigenvalue weighted by atomic mass is 16.5. The van der Waals surface area contributed by atoms with Crippen molar-refractivity contribution >= 4 is 22.5 Å². The molecule has 2 unspecified atom stereocenters. The molecule has 5 nitrogen and oxygen atoms in total. The van der Waals surface area contributed by atoms with Crippen molar-refractivity contribution in [3.63, 3.8) is 0 Å². The van der Waals surface area contributed by atoms with Crippen LogP contribution in [0.4, 0.5) is 5.69 Å². The van der Waals surface area contributed by atoms with Crippen molar-refractivity contribution in [2.24, 2.45) is 0 Å². The summed E-state index contributed by atoms with van der Waals surface area (Å²) < 4.78 is 6.25. The van der Waals surface area contributed by atoms with E-state index in [-0.39, 0.29) is 18.1 Å². The van der Waals surface area contributed by atoms with Gasteiger partial charge in [0.2, 0.25) is 5.91 Å². The number of fused-ring (bicyclic) bond motifs is 4. The van der Waals surface area contributed by atoms with Crippen molar-refractivity contribution in [1.29, 1.82) is 0 Å². The summed E-state index contributed by atoms with van der Waals surface area (Å²) in [5.74, 6) is 0.916. The van der Waals surface area contributed by atoms with Crippen LogP contribution >= 0.6 is 0 Å². The topological polar surface area (TPSA) is 45.7 Å². The third-order valence-electron chi connectivity index (χ3n) is 5.61. The van der Waals surface area contributed by atoms with Gasteiger partial charge in [-0.3, -0.25) is 14.7 Å². The fraction of sp³-hybridized carbons (Fsp3) is 0.273. The molecular formula is C22H21N3O2. The normalized spacial score (nSPS) is 22.3. The van der Waals surface area contributed by atoms with Gasteiger partial charge < -0.3 is 9.64 Å². The van der Waals surface area contributed by atoms with E-state index in [1.165, 1.54) is 5.56 Å². The number of para-hydroxylation sites is 3. The summed E-state index contributed by atoms with van der Waals surface area (Å²) in [6.07, 6.45) is 2.60. The molecule has 0 radical (unpaired) electrons. The Kier molecular flexibility index (Phi) is 3.83. The Balaban J connectivity index is 1.49. The minimum atomic E-state index is -0.166. The van der Waals surface area contributed by atoms with Crippen LogP contribution in [0.2, 0.25) is 0 Å². The summed E-state index contributed by atoms with van der Waals surface area (Å²) in [5.41, 5.74) is 3.02. The SMILES string of the molecule is CN1C(=O)C2CC(CN2Cc2ccnc3ccccc23)Oc2ccccc21. The lowest BCUT2D eigenvalue weighted by Crippen LogP contribution is -2.44. The number of carbonyl (C=O) groups is 1. The largest absolute Gasteiger partial charge is 0.487 e. The maximum absolute atomic E-state index is 13.2. The van der Waals surface area contributed by atoms with E-state index in [2.05, 4.69) is 22.0 Å². The number of hydrogen-bond donors (Lipinski definition) is 0. The van der Waals surface area contributed by atoms with Crippen LogP contribution in [0, 0.1) is 0 Å². The van der Waals surface area contributed by atoms with Crippen molar-refractivity contribution in [3.8, 4) is 5.75 Å². The Morgan fingerprint density at radius 2 is 1.93 bits per heavy atom. The molecule has 2 aliphatic rings. The lowest BCUT2D eigenvalue weighted by molar-refractivity contribution is -0.122. The molecule has 0 N–H and O–H groups in total.